The van der Waals surface area contributed by atoms with E-state index in [1.807, 2.05) is 37.6 Å². The van der Waals surface area contributed by atoms with Gasteiger partial charge < -0.3 is 10.5 Å². The van der Waals surface area contributed by atoms with E-state index in [9.17, 15) is 0 Å². The van der Waals surface area contributed by atoms with Crippen molar-refractivity contribution in [2.45, 2.75) is 32.1 Å². The van der Waals surface area contributed by atoms with E-state index in [1.54, 1.807) is 17.1 Å². The average molecular weight is 424 g/mol. The molecule has 0 bridgehead atoms. The topological polar surface area (TPSA) is 104 Å². The van der Waals surface area contributed by atoms with Crippen LogP contribution in [0.2, 0.25) is 25.7 Å². The van der Waals surface area contributed by atoms with Gasteiger partial charge in [0.05, 0.1) is 17.2 Å². The van der Waals surface area contributed by atoms with Gasteiger partial charge in [0.25, 0.3) is 0 Å². The van der Waals surface area contributed by atoms with Crippen LogP contribution in [-0.4, -0.2) is 53.2 Å². The highest BCUT2D eigenvalue weighted by atomic mass is 28.3. The average Bonchev–Trinajstić information content (AvgIpc) is 3.12. The molecule has 0 spiro atoms. The van der Waals surface area contributed by atoms with Crippen LogP contribution in [0.1, 0.15) is 6.42 Å². The Hall–Kier alpha value is -2.91. The number of rotatable bonds is 9. The van der Waals surface area contributed by atoms with Crippen molar-refractivity contribution < 1.29 is 4.74 Å². The van der Waals surface area contributed by atoms with Gasteiger partial charge in [0, 0.05) is 57.9 Å². The summed E-state index contributed by atoms with van der Waals surface area (Å²) < 4.78 is 7.30. The van der Waals surface area contributed by atoms with Crippen LogP contribution < -0.4 is 5.73 Å². The van der Waals surface area contributed by atoms with E-state index in [-0.39, 0.29) is 0 Å². The number of nitrogens with two attached hydrogens (primary N) is 1. The molecule has 3 heterocycles. The van der Waals surface area contributed by atoms with E-state index in [2.05, 4.69) is 44.7 Å². The maximum Gasteiger partial charge on any atom is 0.154 e. The van der Waals surface area contributed by atoms with Gasteiger partial charge in [-0.15, -0.1) is 0 Å². The molecule has 3 rings (SSSR count). The molecule has 0 aliphatic heterocycles. The van der Waals surface area contributed by atoms with Crippen LogP contribution in [-0.2, 0) is 11.8 Å². The molecule has 9 heteroatoms. The summed E-state index contributed by atoms with van der Waals surface area (Å²) in [5, 5.41) is 4.20. The standard InChI is InChI=1S/C21H29N7OSi/c1-28-14-17(13-25-28)16-11-19-18(24-12-16)5-6-21(26-19)27-20(22)7-8-23-15-29-9-10-30(2,3)4/h5-6,8,11-14H,7,9-10,15H2,1-4H3,(H2,22,26,27). The molecule has 0 amide bonds. The lowest BCUT2D eigenvalue weighted by Gasteiger charge is -2.14. The number of aliphatic imine (C=N–C) groups is 2. The lowest BCUT2D eigenvalue weighted by atomic mass is 10.1. The van der Waals surface area contributed by atoms with Crippen molar-refractivity contribution >= 4 is 37.0 Å². The molecule has 2 N–H and O–H groups in total. The highest BCUT2D eigenvalue weighted by molar-refractivity contribution is 6.76. The predicted molar refractivity (Wildman–Crippen MR) is 125 cm³/mol. The Bertz CT molecular complexity index is 1050. The van der Waals surface area contributed by atoms with Crippen LogP contribution in [0.3, 0.4) is 0 Å². The second-order valence-corrected chi connectivity index (χ2v) is 14.0. The second kappa shape index (κ2) is 9.73. The van der Waals surface area contributed by atoms with Crippen LogP contribution in [0.5, 0.6) is 0 Å². The molecule has 0 unspecified atom stereocenters. The van der Waals surface area contributed by atoms with Crippen LogP contribution in [0.25, 0.3) is 22.2 Å². The van der Waals surface area contributed by atoms with E-state index in [0.717, 1.165) is 34.8 Å². The van der Waals surface area contributed by atoms with Gasteiger partial charge in [0.1, 0.15) is 12.6 Å². The Morgan fingerprint density at radius 3 is 2.77 bits per heavy atom. The fourth-order valence-electron chi connectivity index (χ4n) is 2.69. The zero-order valence-electron chi connectivity index (χ0n) is 18.0. The van der Waals surface area contributed by atoms with Crippen molar-refractivity contribution in [3.63, 3.8) is 0 Å². The normalized spacial score (nSPS) is 12.9. The Morgan fingerprint density at radius 1 is 1.20 bits per heavy atom. The zero-order chi connectivity index (χ0) is 21.6. The van der Waals surface area contributed by atoms with Gasteiger partial charge in [-0.1, -0.05) is 19.6 Å². The lowest BCUT2D eigenvalue weighted by Crippen LogP contribution is -2.21. The summed E-state index contributed by atoms with van der Waals surface area (Å²) in [6.07, 6.45) is 7.75. The number of fused-ring (bicyclic) bond motifs is 1. The Balaban J connectivity index is 1.60. The number of pyridine rings is 2. The summed E-state index contributed by atoms with van der Waals surface area (Å²) in [6.45, 7) is 8.09. The zero-order valence-corrected chi connectivity index (χ0v) is 19.0. The second-order valence-electron chi connectivity index (χ2n) is 8.35. The molecule has 0 aliphatic carbocycles. The molecule has 0 radical (unpaired) electrons. The van der Waals surface area contributed by atoms with Crippen LogP contribution >= 0.6 is 0 Å². The van der Waals surface area contributed by atoms with Crippen molar-refractivity contribution in [3.8, 4) is 11.1 Å². The number of hydrogen-bond donors (Lipinski definition) is 1. The van der Waals surface area contributed by atoms with E-state index in [0.29, 0.717) is 24.8 Å². The van der Waals surface area contributed by atoms with E-state index in [4.69, 9.17) is 10.5 Å². The highest BCUT2D eigenvalue weighted by Crippen LogP contribution is 2.23. The van der Waals surface area contributed by atoms with Gasteiger partial charge in [-0.2, -0.15) is 5.10 Å². The Morgan fingerprint density at radius 2 is 2.03 bits per heavy atom. The lowest BCUT2D eigenvalue weighted by molar-refractivity contribution is 0.155. The summed E-state index contributed by atoms with van der Waals surface area (Å²) in [5.41, 5.74) is 9.54. The molecule has 0 atom stereocenters. The van der Waals surface area contributed by atoms with Crippen LogP contribution in [0, 0.1) is 0 Å². The van der Waals surface area contributed by atoms with E-state index in [1.165, 1.54) is 0 Å². The minimum Gasteiger partial charge on any atom is -0.387 e. The maximum atomic E-state index is 6.03. The summed E-state index contributed by atoms with van der Waals surface area (Å²) in [5.74, 6) is 0.994. The van der Waals surface area contributed by atoms with Crippen molar-refractivity contribution in [3.05, 3.63) is 36.8 Å². The fourth-order valence-corrected chi connectivity index (χ4v) is 3.44. The van der Waals surface area contributed by atoms with Gasteiger partial charge in [-0.3, -0.25) is 14.7 Å². The number of aromatic nitrogens is 4. The molecule has 0 aliphatic rings. The van der Waals surface area contributed by atoms with E-state index >= 15 is 0 Å². The molecule has 158 valence electrons. The Kier molecular flexibility index (Phi) is 7.06. The van der Waals surface area contributed by atoms with Gasteiger partial charge in [-0.05, 0) is 24.2 Å². The first-order valence-corrected chi connectivity index (χ1v) is 13.7. The van der Waals surface area contributed by atoms with Crippen molar-refractivity contribution in [2.75, 3.05) is 13.3 Å². The van der Waals surface area contributed by atoms with Gasteiger partial charge in [0.15, 0.2) is 5.82 Å². The maximum absolute atomic E-state index is 6.03. The minimum absolute atomic E-state index is 0.356. The third-order valence-corrected chi connectivity index (χ3v) is 6.11. The highest BCUT2D eigenvalue weighted by Gasteiger charge is 2.11. The summed E-state index contributed by atoms with van der Waals surface area (Å²) in [6, 6.07) is 6.81. The molecule has 30 heavy (non-hydrogen) atoms. The monoisotopic (exact) mass is 423 g/mol. The van der Waals surface area contributed by atoms with E-state index < -0.39 is 8.07 Å². The molecule has 3 aromatic rings. The molecule has 0 saturated heterocycles. The fraction of sp³-hybridized carbons (Fsp3) is 0.381. The summed E-state index contributed by atoms with van der Waals surface area (Å²) >= 11 is 0. The number of amidine groups is 1. The molecule has 3 aromatic heterocycles. The molecule has 0 fully saturated rings. The SMILES string of the molecule is Cn1cc(-c2cnc3ccc(N=C(N)CC=NCOCC[Si](C)(C)C)nc3c2)cn1. The number of nitrogens with zero attached hydrogens (tertiary/aromatic N) is 6. The van der Waals surface area contributed by atoms with Gasteiger partial charge >= 0.3 is 0 Å². The molecular formula is C21H29N7OSi. The third kappa shape index (κ3) is 6.56. The predicted octanol–water partition coefficient (Wildman–Crippen LogP) is 3.79. The van der Waals surface area contributed by atoms with Gasteiger partial charge in [0.2, 0.25) is 0 Å². The van der Waals surface area contributed by atoms with Crippen molar-refractivity contribution in [2.24, 2.45) is 22.8 Å². The first-order valence-electron chi connectivity index (χ1n) is 9.95. The quantitative estimate of drug-likeness (QED) is 0.244. The third-order valence-electron chi connectivity index (χ3n) is 4.41. The first-order chi connectivity index (χ1) is 14.3. The number of aryl methyl sites for hydroxylation is 1. The first kappa shape index (κ1) is 21.8. The van der Waals surface area contributed by atoms with Crippen LogP contribution in [0.4, 0.5) is 5.82 Å². The molecule has 0 saturated carbocycles. The Labute approximate surface area is 177 Å². The van der Waals surface area contributed by atoms with Crippen molar-refractivity contribution in [1.29, 1.82) is 0 Å². The molecular weight excluding hydrogens is 394 g/mol. The van der Waals surface area contributed by atoms with Gasteiger partial charge in [-0.25, -0.2) is 9.98 Å². The molecule has 8 nitrogen and oxygen atoms in total. The summed E-state index contributed by atoms with van der Waals surface area (Å²) in [4.78, 5) is 17.7. The number of hydrogen-bond acceptors (Lipinski definition) is 6. The minimum atomic E-state index is -1.06. The largest absolute Gasteiger partial charge is 0.387 e. The van der Waals surface area contributed by atoms with Crippen LogP contribution in [0.15, 0.2) is 46.8 Å². The summed E-state index contributed by atoms with van der Waals surface area (Å²) in [7, 11) is 0.824. The number of ether oxygens (including phenoxy) is 1. The van der Waals surface area contributed by atoms with Crippen molar-refractivity contribution in [1.82, 2.24) is 19.7 Å². The molecule has 0 aromatic carbocycles. The smallest absolute Gasteiger partial charge is 0.154 e.